The van der Waals surface area contributed by atoms with E-state index in [1.807, 2.05) is 0 Å². The normalized spacial score (nSPS) is 19.7. The minimum Gasteiger partial charge on any atom is -0.325 e. The number of aryl methyl sites for hydroxylation is 1. The number of nitrogens with zero attached hydrogens (tertiary/aromatic N) is 1. The van der Waals surface area contributed by atoms with Crippen LogP contribution < -0.4 is 10.6 Å². The van der Waals surface area contributed by atoms with Crippen LogP contribution in [0.5, 0.6) is 0 Å². The van der Waals surface area contributed by atoms with Crippen molar-refractivity contribution in [1.82, 2.24) is 10.2 Å². The van der Waals surface area contributed by atoms with Gasteiger partial charge in [0.25, 0.3) is 0 Å². The molecule has 1 saturated heterocycles. The van der Waals surface area contributed by atoms with Crippen molar-refractivity contribution in [2.75, 3.05) is 31.5 Å². The molecule has 0 saturated carbocycles. The zero-order chi connectivity index (χ0) is 12.5. The van der Waals surface area contributed by atoms with Gasteiger partial charge in [-0.15, -0.1) is 0 Å². The van der Waals surface area contributed by atoms with Gasteiger partial charge in [0.1, 0.15) is 0 Å². The van der Waals surface area contributed by atoms with Crippen molar-refractivity contribution in [3.05, 3.63) is 28.8 Å². The van der Waals surface area contributed by atoms with Crippen LogP contribution in [0.4, 0.5) is 5.69 Å². The Bertz CT molecular complexity index is 478. The molecule has 96 valence electrons. The van der Waals surface area contributed by atoms with Gasteiger partial charge in [-0.2, -0.15) is 0 Å². The highest BCUT2D eigenvalue weighted by Crippen LogP contribution is 2.29. The summed E-state index contributed by atoms with van der Waals surface area (Å²) in [7, 11) is 0. The lowest BCUT2D eigenvalue weighted by molar-refractivity contribution is -0.115. The smallest absolute Gasteiger partial charge is 0.228 e. The molecule has 1 aromatic carbocycles. The van der Waals surface area contributed by atoms with Gasteiger partial charge in [-0.3, -0.25) is 9.69 Å². The average molecular weight is 245 g/mol. The molecule has 1 aromatic rings. The minimum atomic E-state index is 0.122. The molecule has 0 aliphatic carbocycles. The molecule has 0 bridgehead atoms. The van der Waals surface area contributed by atoms with E-state index in [0.717, 1.165) is 44.0 Å². The van der Waals surface area contributed by atoms with E-state index in [4.69, 9.17) is 0 Å². The van der Waals surface area contributed by atoms with Crippen LogP contribution in [0.15, 0.2) is 12.1 Å². The van der Waals surface area contributed by atoms with Gasteiger partial charge in [0, 0.05) is 38.4 Å². The van der Waals surface area contributed by atoms with Crippen molar-refractivity contribution in [2.24, 2.45) is 0 Å². The topological polar surface area (TPSA) is 44.4 Å². The van der Waals surface area contributed by atoms with Crippen molar-refractivity contribution in [1.29, 1.82) is 0 Å². The first kappa shape index (κ1) is 11.7. The average Bonchev–Trinajstić information content (AvgIpc) is 2.71. The Balaban J connectivity index is 1.85. The summed E-state index contributed by atoms with van der Waals surface area (Å²) in [5.41, 5.74) is 4.72. The fourth-order valence-corrected chi connectivity index (χ4v) is 2.83. The molecule has 18 heavy (non-hydrogen) atoms. The quantitative estimate of drug-likeness (QED) is 0.813. The highest BCUT2D eigenvalue weighted by molar-refractivity contribution is 6.00. The molecule has 4 heteroatoms. The molecule has 0 unspecified atom stereocenters. The van der Waals surface area contributed by atoms with E-state index in [9.17, 15) is 4.79 Å². The second-order valence-corrected chi connectivity index (χ2v) is 5.21. The predicted octanol–water partition coefficient (Wildman–Crippen LogP) is 0.895. The van der Waals surface area contributed by atoms with Crippen LogP contribution >= 0.6 is 0 Å². The van der Waals surface area contributed by atoms with Crippen LogP contribution in [0.3, 0.4) is 0 Å². The number of anilines is 1. The predicted molar refractivity (Wildman–Crippen MR) is 71.7 cm³/mol. The number of fused-ring (bicyclic) bond motifs is 1. The summed E-state index contributed by atoms with van der Waals surface area (Å²) in [4.78, 5) is 14.0. The summed E-state index contributed by atoms with van der Waals surface area (Å²) in [6, 6.07) is 4.32. The number of hydrogen-bond donors (Lipinski definition) is 2. The number of benzene rings is 1. The zero-order valence-electron chi connectivity index (χ0n) is 10.8. The van der Waals surface area contributed by atoms with Crippen molar-refractivity contribution in [3.8, 4) is 0 Å². The zero-order valence-corrected chi connectivity index (χ0v) is 10.8. The van der Waals surface area contributed by atoms with E-state index in [1.165, 1.54) is 11.1 Å². The molecular formula is C14H19N3O. The van der Waals surface area contributed by atoms with Gasteiger partial charge in [0.15, 0.2) is 0 Å². The fraction of sp³-hybridized carbons (Fsp3) is 0.500. The molecule has 1 fully saturated rings. The number of hydrogen-bond acceptors (Lipinski definition) is 3. The molecular weight excluding hydrogens is 226 g/mol. The summed E-state index contributed by atoms with van der Waals surface area (Å²) >= 11 is 0. The third-order valence-electron chi connectivity index (χ3n) is 3.67. The van der Waals surface area contributed by atoms with Crippen LogP contribution in [-0.4, -0.2) is 37.0 Å². The van der Waals surface area contributed by atoms with Crippen LogP contribution in [0.25, 0.3) is 0 Å². The molecule has 2 aliphatic rings. The number of nitrogens with one attached hydrogen (secondary N) is 2. The van der Waals surface area contributed by atoms with Gasteiger partial charge >= 0.3 is 0 Å². The second-order valence-electron chi connectivity index (χ2n) is 5.21. The Kier molecular flexibility index (Phi) is 3.06. The fourth-order valence-electron chi connectivity index (χ4n) is 2.83. The Morgan fingerprint density at radius 2 is 2.06 bits per heavy atom. The van der Waals surface area contributed by atoms with E-state index in [1.54, 1.807) is 0 Å². The van der Waals surface area contributed by atoms with Crippen molar-refractivity contribution in [3.63, 3.8) is 0 Å². The summed E-state index contributed by atoms with van der Waals surface area (Å²) in [5.74, 6) is 0.122. The number of amides is 1. The summed E-state index contributed by atoms with van der Waals surface area (Å²) in [6.45, 7) is 7.31. The van der Waals surface area contributed by atoms with Gasteiger partial charge < -0.3 is 10.6 Å². The maximum Gasteiger partial charge on any atom is 0.228 e. The summed E-state index contributed by atoms with van der Waals surface area (Å²) in [5, 5.41) is 6.36. The van der Waals surface area contributed by atoms with Crippen LogP contribution in [0.2, 0.25) is 0 Å². The van der Waals surface area contributed by atoms with E-state index < -0.39 is 0 Å². The summed E-state index contributed by atoms with van der Waals surface area (Å²) in [6.07, 6.45) is 0.533. The van der Waals surface area contributed by atoms with Gasteiger partial charge in [0.05, 0.1) is 6.42 Å². The van der Waals surface area contributed by atoms with Crippen LogP contribution in [0, 0.1) is 6.92 Å². The summed E-state index contributed by atoms with van der Waals surface area (Å²) < 4.78 is 0. The van der Waals surface area contributed by atoms with Gasteiger partial charge in [-0.1, -0.05) is 17.7 Å². The lowest BCUT2D eigenvalue weighted by Gasteiger charge is -2.28. The Morgan fingerprint density at radius 3 is 2.83 bits per heavy atom. The highest BCUT2D eigenvalue weighted by Gasteiger charge is 2.22. The van der Waals surface area contributed by atoms with Crippen LogP contribution in [0.1, 0.15) is 16.7 Å². The number of piperazine rings is 1. The maximum absolute atomic E-state index is 11.5. The number of rotatable bonds is 2. The molecule has 2 heterocycles. The molecule has 4 nitrogen and oxygen atoms in total. The van der Waals surface area contributed by atoms with Gasteiger partial charge in [-0.25, -0.2) is 0 Å². The molecule has 2 N–H and O–H groups in total. The van der Waals surface area contributed by atoms with E-state index >= 15 is 0 Å². The van der Waals surface area contributed by atoms with Crippen LogP contribution in [-0.2, 0) is 17.8 Å². The SMILES string of the molecule is Cc1cc2c(c(CN3CCNCC3)c1)NC(=O)C2. The first-order valence-corrected chi connectivity index (χ1v) is 6.58. The largest absolute Gasteiger partial charge is 0.325 e. The van der Waals surface area contributed by atoms with E-state index in [0.29, 0.717) is 6.42 Å². The standard InChI is InChI=1S/C14H19N3O/c1-10-6-11-8-13(18)16-14(11)12(7-10)9-17-4-2-15-3-5-17/h6-7,15H,2-5,8-9H2,1H3,(H,16,18). The van der Waals surface area contributed by atoms with Crippen molar-refractivity contribution >= 4 is 11.6 Å². The molecule has 0 spiro atoms. The minimum absolute atomic E-state index is 0.122. The maximum atomic E-state index is 11.5. The molecule has 2 aliphatic heterocycles. The lowest BCUT2D eigenvalue weighted by Crippen LogP contribution is -2.43. The first-order chi connectivity index (χ1) is 8.72. The number of carbonyl (C=O) groups is 1. The van der Waals surface area contributed by atoms with Crippen molar-refractivity contribution < 1.29 is 4.79 Å². The van der Waals surface area contributed by atoms with Crippen molar-refractivity contribution in [2.45, 2.75) is 19.9 Å². The molecule has 0 radical (unpaired) electrons. The number of carbonyl (C=O) groups excluding carboxylic acids is 1. The molecule has 0 atom stereocenters. The van der Waals surface area contributed by atoms with Gasteiger partial charge in [-0.05, 0) is 18.1 Å². The Morgan fingerprint density at radius 1 is 1.28 bits per heavy atom. The third-order valence-corrected chi connectivity index (χ3v) is 3.67. The lowest BCUT2D eigenvalue weighted by atomic mass is 10.0. The molecule has 0 aromatic heterocycles. The van der Waals surface area contributed by atoms with E-state index in [-0.39, 0.29) is 5.91 Å². The highest BCUT2D eigenvalue weighted by atomic mass is 16.1. The first-order valence-electron chi connectivity index (χ1n) is 6.58. The van der Waals surface area contributed by atoms with E-state index in [2.05, 4.69) is 34.6 Å². The Hall–Kier alpha value is -1.39. The van der Waals surface area contributed by atoms with Gasteiger partial charge in [0.2, 0.25) is 5.91 Å². The second kappa shape index (κ2) is 4.71. The molecule has 1 amide bonds. The third kappa shape index (κ3) is 2.26. The monoisotopic (exact) mass is 245 g/mol. The Labute approximate surface area is 107 Å². The molecule has 3 rings (SSSR count).